The first-order chi connectivity index (χ1) is 16.3. The topological polar surface area (TPSA) is 124 Å². The van der Waals surface area contributed by atoms with Crippen molar-refractivity contribution in [3.63, 3.8) is 0 Å². The van der Waals surface area contributed by atoms with Gasteiger partial charge in [-0.15, -0.1) is 5.10 Å². The van der Waals surface area contributed by atoms with E-state index in [4.69, 9.17) is 9.63 Å². The number of aromatic nitrogens is 6. The summed E-state index contributed by atoms with van der Waals surface area (Å²) in [6.45, 7) is 3.01. The van der Waals surface area contributed by atoms with Crippen LogP contribution in [0.4, 0.5) is 14.6 Å². The van der Waals surface area contributed by atoms with Crippen LogP contribution in [0.3, 0.4) is 0 Å². The van der Waals surface area contributed by atoms with Crippen molar-refractivity contribution in [1.29, 1.82) is 0 Å². The molecule has 0 aliphatic heterocycles. The van der Waals surface area contributed by atoms with E-state index in [2.05, 4.69) is 35.3 Å². The third-order valence-corrected chi connectivity index (χ3v) is 4.76. The zero-order valence-electron chi connectivity index (χ0n) is 18.2. The van der Waals surface area contributed by atoms with Crippen LogP contribution in [0.25, 0.3) is 23.1 Å². The molecule has 0 saturated heterocycles. The molecular formula is C21H22F2N7O3P. The molecule has 0 fully saturated rings. The molecule has 1 unspecified atom stereocenters. The van der Waals surface area contributed by atoms with Crippen molar-refractivity contribution < 1.29 is 23.1 Å². The van der Waals surface area contributed by atoms with Gasteiger partial charge in [0.25, 0.3) is 5.89 Å². The van der Waals surface area contributed by atoms with Crippen LogP contribution in [-0.2, 0) is 6.54 Å². The molecule has 3 aromatic heterocycles. The number of benzene rings is 1. The smallest absolute Gasteiger partial charge is 0.408 e. The van der Waals surface area contributed by atoms with Gasteiger partial charge in [-0.2, -0.15) is 13.8 Å². The third-order valence-electron chi connectivity index (χ3n) is 4.64. The molecule has 4 rings (SSSR count). The number of alkyl halides is 2. The molecule has 178 valence electrons. The van der Waals surface area contributed by atoms with E-state index < -0.39 is 5.85 Å². The number of pyridine rings is 1. The molecule has 0 spiro atoms. The fraction of sp³-hybridized carbons (Fsp3) is 0.286. The fourth-order valence-corrected chi connectivity index (χ4v) is 3.19. The van der Waals surface area contributed by atoms with Gasteiger partial charge in [-0.25, -0.2) is 14.6 Å². The number of nitrogens with one attached hydrogen (secondary N) is 1. The summed E-state index contributed by atoms with van der Waals surface area (Å²) in [4.78, 5) is 13.0. The average molecular weight is 489 g/mol. The maximum Gasteiger partial charge on any atom is 0.408 e. The number of nitrogens with zero attached hydrogens (tertiary/aromatic N) is 6. The lowest BCUT2D eigenvalue weighted by atomic mass is 10.2. The molecule has 0 radical (unpaired) electrons. The molecule has 0 amide bonds. The highest BCUT2D eigenvalue weighted by atomic mass is 31.0. The second-order valence-electron chi connectivity index (χ2n) is 7.30. The molecule has 34 heavy (non-hydrogen) atoms. The van der Waals surface area contributed by atoms with Gasteiger partial charge >= 0.3 is 5.85 Å². The number of hydrogen-bond acceptors (Lipinski definition) is 9. The molecule has 3 heterocycles. The van der Waals surface area contributed by atoms with Gasteiger partial charge in [0, 0.05) is 24.9 Å². The lowest BCUT2D eigenvalue weighted by Crippen LogP contribution is -2.14. The van der Waals surface area contributed by atoms with E-state index in [-0.39, 0.29) is 29.9 Å². The Kier molecular flexibility index (Phi) is 7.09. The van der Waals surface area contributed by atoms with Crippen LogP contribution in [0.1, 0.15) is 17.8 Å². The number of halogens is 2. The third kappa shape index (κ3) is 6.09. The summed E-state index contributed by atoms with van der Waals surface area (Å²) in [5.74, 6) is -1.31. The molecule has 1 aromatic carbocycles. The highest BCUT2D eigenvalue weighted by Crippen LogP contribution is 2.29. The van der Waals surface area contributed by atoms with E-state index in [0.717, 1.165) is 5.56 Å². The van der Waals surface area contributed by atoms with Crippen molar-refractivity contribution in [3.8, 4) is 28.9 Å². The average Bonchev–Trinajstić information content (AvgIpc) is 3.41. The lowest BCUT2D eigenvalue weighted by molar-refractivity contribution is -0.0892. The lowest BCUT2D eigenvalue weighted by Gasteiger charge is -2.12. The van der Waals surface area contributed by atoms with Crippen molar-refractivity contribution in [1.82, 2.24) is 29.9 Å². The van der Waals surface area contributed by atoms with Gasteiger partial charge in [-0.3, -0.25) is 0 Å². The molecule has 10 nitrogen and oxygen atoms in total. The van der Waals surface area contributed by atoms with Crippen molar-refractivity contribution in [2.75, 3.05) is 18.5 Å². The summed E-state index contributed by atoms with van der Waals surface area (Å²) in [6, 6.07) is 9.66. The first kappa shape index (κ1) is 23.7. The Morgan fingerprint density at radius 1 is 1.18 bits per heavy atom. The minimum absolute atomic E-state index is 0.00590. The van der Waals surface area contributed by atoms with Crippen LogP contribution >= 0.6 is 9.24 Å². The first-order valence-corrected chi connectivity index (χ1v) is 10.9. The Morgan fingerprint density at radius 2 is 1.97 bits per heavy atom. The van der Waals surface area contributed by atoms with Crippen LogP contribution in [0, 0.1) is 6.92 Å². The molecule has 0 aliphatic rings. The summed E-state index contributed by atoms with van der Waals surface area (Å²) < 4.78 is 37.4. The largest absolute Gasteiger partial charge is 0.430 e. The SMILES string of the molecule is Cc1nc(-c2nc(-c3ccc(OC(F)(F)P)cc3)no2)nn1Cc1ccnc(NCCCO)c1. The second kappa shape index (κ2) is 10.2. The minimum Gasteiger partial charge on any atom is -0.430 e. The van der Waals surface area contributed by atoms with Gasteiger partial charge in [-0.1, -0.05) is 5.16 Å². The fourth-order valence-electron chi connectivity index (χ4n) is 3.06. The van der Waals surface area contributed by atoms with Gasteiger partial charge in [-0.05, 0) is 64.5 Å². The Balaban J connectivity index is 1.46. The molecule has 13 heteroatoms. The van der Waals surface area contributed by atoms with Crippen LogP contribution in [0.2, 0.25) is 0 Å². The monoisotopic (exact) mass is 489 g/mol. The maximum absolute atomic E-state index is 12.9. The molecule has 4 aromatic rings. The molecule has 2 N–H and O–H groups in total. The Labute approximate surface area is 195 Å². The van der Waals surface area contributed by atoms with Crippen molar-refractivity contribution in [3.05, 3.63) is 54.0 Å². The Hall–Kier alpha value is -3.50. The number of ether oxygens (including phenoxy) is 1. The van der Waals surface area contributed by atoms with Crippen molar-refractivity contribution in [2.45, 2.75) is 25.7 Å². The predicted molar refractivity (Wildman–Crippen MR) is 122 cm³/mol. The van der Waals surface area contributed by atoms with E-state index in [1.54, 1.807) is 23.0 Å². The highest BCUT2D eigenvalue weighted by Gasteiger charge is 2.23. The number of aliphatic hydroxyl groups excluding tert-OH is 1. The second-order valence-corrected chi connectivity index (χ2v) is 7.98. The molecule has 1 atom stereocenters. The maximum atomic E-state index is 12.9. The highest BCUT2D eigenvalue weighted by molar-refractivity contribution is 7.17. The zero-order valence-corrected chi connectivity index (χ0v) is 19.3. The molecule has 0 bridgehead atoms. The van der Waals surface area contributed by atoms with Crippen LogP contribution in [0.5, 0.6) is 5.75 Å². The Bertz CT molecular complexity index is 1240. The van der Waals surface area contributed by atoms with Gasteiger partial charge in [0.15, 0.2) is 0 Å². The molecule has 0 saturated carbocycles. The summed E-state index contributed by atoms with van der Waals surface area (Å²) in [5, 5.41) is 20.5. The minimum atomic E-state index is -3.35. The number of aliphatic hydroxyl groups is 1. The van der Waals surface area contributed by atoms with Crippen molar-refractivity contribution in [2.24, 2.45) is 0 Å². The standard InChI is InChI=1S/C21H22F2N7O3P/c1-13-26-19(28-30(13)12-14-7-9-25-17(11-14)24-8-2-10-31)20-27-18(29-33-20)15-3-5-16(6-4-15)32-21(22,23)34/h3-7,9,11,31H,2,8,10,12,34H2,1H3,(H,24,25). The number of anilines is 1. The van der Waals surface area contributed by atoms with E-state index >= 15 is 0 Å². The predicted octanol–water partition coefficient (Wildman–Crippen LogP) is 3.35. The van der Waals surface area contributed by atoms with Gasteiger partial charge in [0.05, 0.1) is 6.54 Å². The van der Waals surface area contributed by atoms with Crippen LogP contribution in [0.15, 0.2) is 47.1 Å². The van der Waals surface area contributed by atoms with Gasteiger partial charge in [0.2, 0.25) is 11.6 Å². The van der Waals surface area contributed by atoms with Crippen LogP contribution < -0.4 is 10.1 Å². The summed E-state index contributed by atoms with van der Waals surface area (Å²) in [5.41, 5.74) is 1.52. The quantitative estimate of drug-likeness (QED) is 0.255. The molecular weight excluding hydrogens is 467 g/mol. The van der Waals surface area contributed by atoms with E-state index in [1.165, 1.54) is 21.4 Å². The van der Waals surface area contributed by atoms with E-state index in [1.807, 2.05) is 19.1 Å². The summed E-state index contributed by atoms with van der Waals surface area (Å²) in [7, 11) is 1.32. The van der Waals surface area contributed by atoms with Crippen LogP contribution in [-0.4, -0.2) is 54.0 Å². The number of aryl methyl sites for hydroxylation is 1. The van der Waals surface area contributed by atoms with E-state index in [9.17, 15) is 8.78 Å². The van der Waals surface area contributed by atoms with Gasteiger partial charge in [0.1, 0.15) is 17.4 Å². The van der Waals surface area contributed by atoms with E-state index in [0.29, 0.717) is 36.7 Å². The number of hydrogen-bond donors (Lipinski definition) is 2. The summed E-state index contributed by atoms with van der Waals surface area (Å²) >= 11 is 0. The zero-order chi connectivity index (χ0) is 24.1. The normalized spacial score (nSPS) is 11.6. The molecule has 0 aliphatic carbocycles. The first-order valence-electron chi connectivity index (χ1n) is 10.3. The van der Waals surface area contributed by atoms with Gasteiger partial charge < -0.3 is 19.7 Å². The Morgan fingerprint density at radius 3 is 2.71 bits per heavy atom. The van der Waals surface area contributed by atoms with Crippen molar-refractivity contribution >= 4 is 15.1 Å². The summed E-state index contributed by atoms with van der Waals surface area (Å²) in [6.07, 6.45) is 2.33. The number of rotatable bonds is 10.